The standard InChI is InChI=1S/C20H22N4O3/c1-25-14-6-4-13(5-7-14)17-11-18(24-20(23-17)21-12-22-24)16-10-15(26-2)8-9-19(16)27-3/h4-10,12,17-18H,11H2,1-3H3,(H,21,22,23)/t17-,18+/m1/s1. The number of nitrogens with one attached hydrogen (secondary N) is 1. The van der Waals surface area contributed by atoms with Crippen LogP contribution in [0.25, 0.3) is 0 Å². The monoisotopic (exact) mass is 366 g/mol. The van der Waals surface area contributed by atoms with Gasteiger partial charge in [-0.2, -0.15) is 10.1 Å². The number of hydrogen-bond acceptors (Lipinski definition) is 6. The summed E-state index contributed by atoms with van der Waals surface area (Å²) in [5.41, 5.74) is 2.18. The first-order chi connectivity index (χ1) is 13.2. The number of methoxy groups -OCH3 is 3. The van der Waals surface area contributed by atoms with Crippen LogP contribution < -0.4 is 19.5 Å². The number of benzene rings is 2. The minimum Gasteiger partial charge on any atom is -0.497 e. The number of aromatic nitrogens is 3. The van der Waals surface area contributed by atoms with E-state index >= 15 is 0 Å². The number of anilines is 1. The lowest BCUT2D eigenvalue weighted by atomic mass is 9.92. The van der Waals surface area contributed by atoms with Gasteiger partial charge in [0.05, 0.1) is 33.4 Å². The van der Waals surface area contributed by atoms with Crippen molar-refractivity contribution in [2.45, 2.75) is 18.5 Å². The van der Waals surface area contributed by atoms with Gasteiger partial charge in [0.15, 0.2) is 0 Å². The van der Waals surface area contributed by atoms with Crippen LogP contribution in [0.4, 0.5) is 5.95 Å². The maximum Gasteiger partial charge on any atom is 0.222 e. The first-order valence-corrected chi connectivity index (χ1v) is 8.75. The van der Waals surface area contributed by atoms with E-state index in [1.807, 2.05) is 35.0 Å². The summed E-state index contributed by atoms with van der Waals surface area (Å²) >= 11 is 0. The highest BCUT2D eigenvalue weighted by atomic mass is 16.5. The molecule has 7 nitrogen and oxygen atoms in total. The van der Waals surface area contributed by atoms with Crippen molar-refractivity contribution in [3.8, 4) is 17.2 Å². The number of hydrogen-bond donors (Lipinski definition) is 1. The molecular weight excluding hydrogens is 344 g/mol. The SMILES string of the molecule is COc1ccc([C@H]2C[C@@H](c3cc(OC)ccc3OC)n3ncnc3N2)cc1. The second kappa shape index (κ2) is 7.19. The van der Waals surface area contributed by atoms with Crippen LogP contribution in [-0.2, 0) is 0 Å². The molecule has 0 fully saturated rings. The van der Waals surface area contributed by atoms with Gasteiger partial charge >= 0.3 is 0 Å². The van der Waals surface area contributed by atoms with Crippen molar-refractivity contribution in [3.05, 3.63) is 59.9 Å². The molecule has 1 N–H and O–H groups in total. The van der Waals surface area contributed by atoms with Gasteiger partial charge in [-0.25, -0.2) is 4.68 Å². The number of rotatable bonds is 5. The maximum atomic E-state index is 5.61. The van der Waals surface area contributed by atoms with Gasteiger partial charge in [-0.05, 0) is 42.3 Å². The Morgan fingerprint density at radius 3 is 2.41 bits per heavy atom. The maximum absolute atomic E-state index is 5.61. The summed E-state index contributed by atoms with van der Waals surface area (Å²) in [4.78, 5) is 4.38. The van der Waals surface area contributed by atoms with E-state index in [9.17, 15) is 0 Å². The molecular formula is C20H22N4O3. The zero-order valence-electron chi connectivity index (χ0n) is 15.5. The summed E-state index contributed by atoms with van der Waals surface area (Å²) in [7, 11) is 5.01. The van der Waals surface area contributed by atoms with Crippen LogP contribution in [0.3, 0.4) is 0 Å². The molecule has 1 aromatic heterocycles. The summed E-state index contributed by atoms with van der Waals surface area (Å²) < 4.78 is 18.2. The third kappa shape index (κ3) is 3.16. The number of fused-ring (bicyclic) bond motifs is 1. The van der Waals surface area contributed by atoms with Crippen LogP contribution in [-0.4, -0.2) is 36.1 Å². The van der Waals surface area contributed by atoms with Crippen LogP contribution in [0, 0.1) is 0 Å². The molecule has 7 heteroatoms. The average Bonchev–Trinajstić information content (AvgIpc) is 3.21. The summed E-state index contributed by atoms with van der Waals surface area (Å²) in [5, 5.41) is 7.90. The summed E-state index contributed by atoms with van der Waals surface area (Å²) in [5.74, 6) is 3.16. The Morgan fingerprint density at radius 2 is 1.70 bits per heavy atom. The molecule has 1 aliphatic rings. The molecule has 2 atom stereocenters. The van der Waals surface area contributed by atoms with Crippen molar-refractivity contribution in [3.63, 3.8) is 0 Å². The highest BCUT2D eigenvalue weighted by Gasteiger charge is 2.32. The van der Waals surface area contributed by atoms with E-state index in [1.54, 1.807) is 27.7 Å². The third-order valence-corrected chi connectivity index (χ3v) is 4.94. The van der Waals surface area contributed by atoms with Crippen LogP contribution in [0.15, 0.2) is 48.8 Å². The van der Waals surface area contributed by atoms with E-state index in [0.717, 1.165) is 40.7 Å². The van der Waals surface area contributed by atoms with Gasteiger partial charge in [0.1, 0.15) is 23.6 Å². The lowest BCUT2D eigenvalue weighted by Gasteiger charge is -2.32. The first-order valence-electron chi connectivity index (χ1n) is 8.75. The van der Waals surface area contributed by atoms with Crippen LogP contribution in [0.1, 0.15) is 29.6 Å². The van der Waals surface area contributed by atoms with E-state index in [-0.39, 0.29) is 12.1 Å². The molecule has 1 aliphatic heterocycles. The summed E-state index contributed by atoms with van der Waals surface area (Å²) in [6, 6.07) is 14.0. The van der Waals surface area contributed by atoms with Gasteiger partial charge < -0.3 is 19.5 Å². The highest BCUT2D eigenvalue weighted by Crippen LogP contribution is 2.41. The van der Waals surface area contributed by atoms with Crippen molar-refractivity contribution in [1.29, 1.82) is 0 Å². The van der Waals surface area contributed by atoms with E-state index in [1.165, 1.54) is 0 Å². The van der Waals surface area contributed by atoms with Gasteiger partial charge in [-0.1, -0.05) is 12.1 Å². The van der Waals surface area contributed by atoms with Gasteiger partial charge in [-0.15, -0.1) is 0 Å². The number of nitrogens with zero attached hydrogens (tertiary/aromatic N) is 3. The lowest BCUT2D eigenvalue weighted by Crippen LogP contribution is -2.28. The molecule has 140 valence electrons. The molecule has 27 heavy (non-hydrogen) atoms. The minimum absolute atomic E-state index is 0.0269. The average molecular weight is 366 g/mol. The fourth-order valence-corrected chi connectivity index (χ4v) is 3.53. The quantitative estimate of drug-likeness (QED) is 0.746. The van der Waals surface area contributed by atoms with Crippen LogP contribution >= 0.6 is 0 Å². The molecule has 0 aliphatic carbocycles. The Kier molecular flexibility index (Phi) is 4.58. The molecule has 0 radical (unpaired) electrons. The van der Waals surface area contributed by atoms with Gasteiger partial charge in [-0.3, -0.25) is 0 Å². The Balaban J connectivity index is 1.74. The van der Waals surface area contributed by atoms with Gasteiger partial charge in [0, 0.05) is 5.56 Å². The van der Waals surface area contributed by atoms with E-state index in [4.69, 9.17) is 14.2 Å². The molecule has 0 bridgehead atoms. The van der Waals surface area contributed by atoms with Crippen LogP contribution in [0.2, 0.25) is 0 Å². The van der Waals surface area contributed by atoms with E-state index in [2.05, 4.69) is 27.5 Å². The van der Waals surface area contributed by atoms with Gasteiger partial charge in [0.2, 0.25) is 5.95 Å². The Labute approximate surface area is 157 Å². The van der Waals surface area contributed by atoms with Crippen molar-refractivity contribution >= 4 is 5.95 Å². The van der Waals surface area contributed by atoms with E-state index < -0.39 is 0 Å². The third-order valence-electron chi connectivity index (χ3n) is 4.94. The normalized spacial score (nSPS) is 18.3. The minimum atomic E-state index is -0.0269. The fraction of sp³-hybridized carbons (Fsp3) is 0.300. The Hall–Kier alpha value is -3.22. The van der Waals surface area contributed by atoms with Crippen molar-refractivity contribution in [1.82, 2.24) is 14.8 Å². The summed E-state index contributed by atoms with van der Waals surface area (Å²) in [6.07, 6.45) is 2.37. The smallest absolute Gasteiger partial charge is 0.222 e. The number of ether oxygens (including phenoxy) is 3. The highest BCUT2D eigenvalue weighted by molar-refractivity contribution is 5.46. The predicted molar refractivity (Wildman–Crippen MR) is 102 cm³/mol. The topological polar surface area (TPSA) is 70.4 Å². The molecule has 0 spiro atoms. The van der Waals surface area contributed by atoms with Crippen LogP contribution in [0.5, 0.6) is 17.2 Å². The largest absolute Gasteiger partial charge is 0.497 e. The van der Waals surface area contributed by atoms with Crippen molar-refractivity contribution < 1.29 is 14.2 Å². The molecule has 0 saturated carbocycles. The zero-order chi connectivity index (χ0) is 18.8. The molecule has 0 saturated heterocycles. The first kappa shape index (κ1) is 17.2. The van der Waals surface area contributed by atoms with Crippen molar-refractivity contribution in [2.75, 3.05) is 26.6 Å². The predicted octanol–water partition coefficient (Wildman–Crippen LogP) is 3.45. The molecule has 3 aromatic rings. The molecule has 2 heterocycles. The fourth-order valence-electron chi connectivity index (χ4n) is 3.53. The lowest BCUT2D eigenvalue weighted by molar-refractivity contribution is 0.373. The zero-order valence-corrected chi connectivity index (χ0v) is 15.5. The second-order valence-corrected chi connectivity index (χ2v) is 6.36. The Morgan fingerprint density at radius 1 is 0.963 bits per heavy atom. The molecule has 4 rings (SSSR count). The molecule has 0 amide bonds. The second-order valence-electron chi connectivity index (χ2n) is 6.36. The van der Waals surface area contributed by atoms with E-state index in [0.29, 0.717) is 0 Å². The van der Waals surface area contributed by atoms with Crippen molar-refractivity contribution in [2.24, 2.45) is 0 Å². The van der Waals surface area contributed by atoms with Gasteiger partial charge in [0.25, 0.3) is 0 Å². The molecule has 2 aromatic carbocycles. The molecule has 0 unspecified atom stereocenters. The Bertz CT molecular complexity index is 923. The summed E-state index contributed by atoms with van der Waals surface area (Å²) in [6.45, 7) is 0.